The maximum absolute atomic E-state index is 12.1. The molecule has 9 heteroatoms. The second kappa shape index (κ2) is 6.02. The second-order valence-electron chi connectivity index (χ2n) is 4.25. The van der Waals surface area contributed by atoms with Crippen molar-refractivity contribution in [2.45, 2.75) is 24.5 Å². The molecular weight excluding hydrogens is 336 g/mol. The Morgan fingerprint density at radius 3 is 2.65 bits per heavy atom. The molecule has 0 radical (unpaired) electrons. The van der Waals surface area contributed by atoms with E-state index >= 15 is 0 Å². The van der Waals surface area contributed by atoms with Crippen molar-refractivity contribution in [3.05, 3.63) is 37.6 Å². The second-order valence-corrected chi connectivity index (χ2v) is 4.77. The van der Waals surface area contributed by atoms with Gasteiger partial charge in [0.2, 0.25) is 0 Å². The molecule has 1 fully saturated rings. The molecule has 110 valence electrons. The number of halogens is 1. The molecule has 20 heavy (non-hydrogen) atoms. The van der Waals surface area contributed by atoms with Crippen LogP contribution < -0.4 is 11.2 Å². The highest BCUT2D eigenvalue weighted by atomic mass is 79.9. The summed E-state index contributed by atoms with van der Waals surface area (Å²) < 4.78 is 5.85. The summed E-state index contributed by atoms with van der Waals surface area (Å²) in [6, 6.07) is 0. The molecule has 0 bridgehead atoms. The van der Waals surface area contributed by atoms with Crippen molar-refractivity contribution in [3.8, 4) is 0 Å². The van der Waals surface area contributed by atoms with E-state index in [-0.39, 0.29) is 5.56 Å². The summed E-state index contributed by atoms with van der Waals surface area (Å²) in [4.78, 5) is 27.7. The van der Waals surface area contributed by atoms with Gasteiger partial charge < -0.3 is 25.0 Å². The number of ether oxygens (including phenoxy) is 1. The number of aliphatic hydroxyl groups is 3. The summed E-state index contributed by atoms with van der Waals surface area (Å²) in [5.74, 6) is 0. The predicted molar refractivity (Wildman–Crippen MR) is 72.3 cm³/mol. The van der Waals surface area contributed by atoms with Gasteiger partial charge in [0.15, 0.2) is 6.23 Å². The van der Waals surface area contributed by atoms with E-state index in [1.807, 2.05) is 0 Å². The number of aromatic amines is 1. The minimum atomic E-state index is -1.49. The fourth-order valence-electron chi connectivity index (χ4n) is 2.01. The van der Waals surface area contributed by atoms with Gasteiger partial charge in [0.05, 0.1) is 12.2 Å². The summed E-state index contributed by atoms with van der Waals surface area (Å²) in [5.41, 5.74) is -1.30. The van der Waals surface area contributed by atoms with Gasteiger partial charge in [-0.2, -0.15) is 0 Å². The normalized spacial score (nSPS) is 30.2. The van der Waals surface area contributed by atoms with E-state index in [0.29, 0.717) is 4.57 Å². The minimum Gasteiger partial charge on any atom is -0.394 e. The lowest BCUT2D eigenvalue weighted by atomic mass is 10.1. The molecule has 2 heterocycles. The van der Waals surface area contributed by atoms with Crippen molar-refractivity contribution in [2.24, 2.45) is 0 Å². The minimum absolute atomic E-state index is 0.166. The maximum Gasteiger partial charge on any atom is 0.330 e. The molecule has 1 aliphatic rings. The summed E-state index contributed by atoms with van der Waals surface area (Å²) in [7, 11) is 0. The molecule has 8 nitrogen and oxygen atoms in total. The average Bonchev–Trinajstić information content (AvgIpc) is 2.70. The van der Waals surface area contributed by atoms with Crippen LogP contribution in [0, 0.1) is 0 Å². The lowest BCUT2D eigenvalue weighted by molar-refractivity contribution is -0.0565. The number of H-pyrrole nitrogens is 1. The Balaban J connectivity index is 2.51. The highest BCUT2D eigenvalue weighted by molar-refractivity contribution is 9.11. The van der Waals surface area contributed by atoms with Crippen molar-refractivity contribution >= 4 is 22.0 Å². The lowest BCUT2D eigenvalue weighted by Gasteiger charge is -2.16. The Morgan fingerprint density at radius 2 is 2.10 bits per heavy atom. The summed E-state index contributed by atoms with van der Waals surface area (Å²) in [6.07, 6.45) is -2.66. The van der Waals surface area contributed by atoms with E-state index in [4.69, 9.17) is 9.84 Å². The van der Waals surface area contributed by atoms with Crippen LogP contribution in [0.2, 0.25) is 0 Å². The number of aromatic nitrogens is 2. The monoisotopic (exact) mass is 348 g/mol. The predicted octanol–water partition coefficient (Wildman–Crippen LogP) is -1.49. The lowest BCUT2D eigenvalue weighted by Crippen LogP contribution is -2.43. The smallest absolute Gasteiger partial charge is 0.330 e. The Kier molecular flexibility index (Phi) is 4.55. The summed E-state index contributed by atoms with van der Waals surface area (Å²) in [6.45, 7) is -0.539. The molecule has 1 saturated heterocycles. The van der Waals surface area contributed by atoms with Crippen molar-refractivity contribution < 1.29 is 20.1 Å². The maximum atomic E-state index is 12.1. The van der Waals surface area contributed by atoms with Crippen molar-refractivity contribution in [1.29, 1.82) is 0 Å². The van der Waals surface area contributed by atoms with E-state index in [9.17, 15) is 19.8 Å². The van der Waals surface area contributed by atoms with Crippen LogP contribution in [0.4, 0.5) is 0 Å². The number of aliphatic hydroxyl groups excluding tert-OH is 3. The van der Waals surface area contributed by atoms with Crippen molar-refractivity contribution in [2.75, 3.05) is 6.61 Å². The standard InChI is InChI=1S/C11H13BrN2O6/c12-2-1-5-3-13-11(19)14(9(5)18)10-8(17)7(16)6(4-15)20-10/h1-3,6-8,10,15-17H,4H2,(H,13,19)/b2-1+/t6-,7-,8+,10?/m1/s1. The fraction of sp³-hybridized carbons (Fsp3) is 0.455. The third-order valence-corrected chi connectivity index (χ3v) is 3.31. The van der Waals surface area contributed by atoms with Crippen LogP contribution in [0.15, 0.2) is 20.8 Å². The van der Waals surface area contributed by atoms with E-state index in [2.05, 4.69) is 20.9 Å². The molecule has 1 aromatic heterocycles. The molecule has 0 saturated carbocycles. The average molecular weight is 349 g/mol. The third kappa shape index (κ3) is 2.50. The van der Waals surface area contributed by atoms with Crippen LogP contribution in [-0.4, -0.2) is 49.8 Å². The van der Waals surface area contributed by atoms with E-state index in [0.717, 1.165) is 0 Å². The van der Waals surface area contributed by atoms with Crippen molar-refractivity contribution in [1.82, 2.24) is 9.55 Å². The van der Waals surface area contributed by atoms with Crippen LogP contribution in [-0.2, 0) is 4.74 Å². The topological polar surface area (TPSA) is 125 Å². The zero-order chi connectivity index (χ0) is 14.9. The molecule has 4 N–H and O–H groups in total. The van der Waals surface area contributed by atoms with Crippen LogP contribution in [0.3, 0.4) is 0 Å². The third-order valence-electron chi connectivity index (χ3n) is 3.05. The molecule has 4 atom stereocenters. The highest BCUT2D eigenvalue weighted by Gasteiger charge is 2.44. The largest absolute Gasteiger partial charge is 0.394 e. The Morgan fingerprint density at radius 1 is 1.40 bits per heavy atom. The quantitative estimate of drug-likeness (QED) is 0.527. The first-order valence-corrected chi connectivity index (χ1v) is 6.66. The number of nitrogens with one attached hydrogen (secondary N) is 1. The zero-order valence-electron chi connectivity index (χ0n) is 10.1. The van der Waals surface area contributed by atoms with Crippen molar-refractivity contribution in [3.63, 3.8) is 0 Å². The molecule has 0 amide bonds. The van der Waals surface area contributed by atoms with Crippen LogP contribution in [0.5, 0.6) is 0 Å². The van der Waals surface area contributed by atoms with Crippen LogP contribution in [0.1, 0.15) is 11.8 Å². The molecule has 1 unspecified atom stereocenters. The number of rotatable bonds is 3. The molecular formula is C11H13BrN2O6. The fourth-order valence-corrected chi connectivity index (χ4v) is 2.30. The Labute approximate surface area is 121 Å². The van der Waals surface area contributed by atoms with Gasteiger partial charge in [0.25, 0.3) is 5.56 Å². The first kappa shape index (κ1) is 15.1. The van der Waals surface area contributed by atoms with Crippen LogP contribution in [0.25, 0.3) is 6.08 Å². The zero-order valence-corrected chi connectivity index (χ0v) is 11.7. The Hall–Kier alpha value is -1.26. The SMILES string of the molecule is O=c1[nH]cc(/C=C/Br)c(=O)n1C1O[C@H](CO)[C@@H](O)[C@@H]1O. The first-order valence-electron chi connectivity index (χ1n) is 5.74. The molecule has 2 rings (SSSR count). The van der Waals surface area contributed by atoms with E-state index in [1.165, 1.54) is 17.3 Å². The molecule has 1 aromatic rings. The molecule has 1 aliphatic heterocycles. The first-order chi connectivity index (χ1) is 9.51. The Bertz CT molecular complexity index is 624. The number of hydrogen-bond acceptors (Lipinski definition) is 6. The van der Waals surface area contributed by atoms with E-state index in [1.54, 1.807) is 0 Å². The number of hydrogen-bond donors (Lipinski definition) is 4. The highest BCUT2D eigenvalue weighted by Crippen LogP contribution is 2.27. The summed E-state index contributed by atoms with van der Waals surface area (Å²) >= 11 is 3.01. The molecule has 0 spiro atoms. The van der Waals surface area contributed by atoms with Gasteiger partial charge in [-0.3, -0.25) is 4.79 Å². The van der Waals surface area contributed by atoms with Gasteiger partial charge in [-0.1, -0.05) is 15.9 Å². The van der Waals surface area contributed by atoms with Gasteiger partial charge in [0, 0.05) is 6.20 Å². The molecule has 0 aliphatic carbocycles. The van der Waals surface area contributed by atoms with E-state index < -0.39 is 42.4 Å². The van der Waals surface area contributed by atoms with Crippen LogP contribution >= 0.6 is 15.9 Å². The van der Waals surface area contributed by atoms with Gasteiger partial charge in [-0.25, -0.2) is 9.36 Å². The summed E-state index contributed by atoms with van der Waals surface area (Å²) in [5, 5.41) is 28.5. The van der Waals surface area contributed by atoms with Gasteiger partial charge in [-0.05, 0) is 11.1 Å². The van der Waals surface area contributed by atoms with Gasteiger partial charge in [-0.15, -0.1) is 0 Å². The number of nitrogens with zero attached hydrogens (tertiary/aromatic N) is 1. The molecule has 0 aromatic carbocycles. The van der Waals surface area contributed by atoms with Gasteiger partial charge in [0.1, 0.15) is 18.3 Å². The van der Waals surface area contributed by atoms with Gasteiger partial charge >= 0.3 is 5.69 Å².